The number of hydrogen-bond donors (Lipinski definition) is 2. The maximum atomic E-state index is 12.2. The number of aromatic hydroxyl groups is 1. The van der Waals surface area contributed by atoms with Crippen LogP contribution in [0.3, 0.4) is 0 Å². The van der Waals surface area contributed by atoms with E-state index in [2.05, 4.69) is 0 Å². The van der Waals surface area contributed by atoms with E-state index >= 15 is 0 Å². The highest BCUT2D eigenvalue weighted by Crippen LogP contribution is 2.32. The lowest BCUT2D eigenvalue weighted by Crippen LogP contribution is -2.31. The maximum Gasteiger partial charge on any atom is 0.337 e. The Morgan fingerprint density at radius 3 is 2.58 bits per heavy atom. The van der Waals surface area contributed by atoms with Gasteiger partial charge in [0.15, 0.2) is 0 Å². The molecule has 1 aliphatic heterocycles. The van der Waals surface area contributed by atoms with Crippen molar-refractivity contribution in [2.75, 3.05) is 13.7 Å². The topological polar surface area (TPSA) is 102 Å². The summed E-state index contributed by atoms with van der Waals surface area (Å²) in [6.45, 7) is 1.85. The highest BCUT2D eigenvalue weighted by Gasteiger charge is 2.35. The van der Waals surface area contributed by atoms with Crippen molar-refractivity contribution in [2.24, 2.45) is 5.92 Å². The zero-order valence-electron chi connectivity index (χ0n) is 14.7. The SMILES string of the molecule is CC=C1C(O)OC=C(C(=O)OC)C1CC(=O)OCCc1ccc(O)cc1. The Kier molecular flexibility index (Phi) is 6.80. The molecule has 0 saturated heterocycles. The number of ether oxygens (including phenoxy) is 3. The van der Waals surface area contributed by atoms with E-state index in [1.54, 1.807) is 37.3 Å². The number of methoxy groups -OCH3 is 1. The molecule has 7 nitrogen and oxygen atoms in total. The molecule has 1 heterocycles. The number of hydrogen-bond acceptors (Lipinski definition) is 7. The number of esters is 2. The molecule has 0 fully saturated rings. The summed E-state index contributed by atoms with van der Waals surface area (Å²) in [5, 5.41) is 19.2. The van der Waals surface area contributed by atoms with Gasteiger partial charge in [0.1, 0.15) is 5.75 Å². The summed E-state index contributed by atoms with van der Waals surface area (Å²) in [6.07, 6.45) is 1.89. The first-order valence-corrected chi connectivity index (χ1v) is 8.17. The molecular formula is C19H22O7. The van der Waals surface area contributed by atoms with Gasteiger partial charge in [-0.25, -0.2) is 4.79 Å². The number of aliphatic hydroxyl groups excluding tert-OH is 1. The van der Waals surface area contributed by atoms with Gasteiger partial charge in [0.25, 0.3) is 0 Å². The van der Waals surface area contributed by atoms with Gasteiger partial charge in [-0.1, -0.05) is 18.2 Å². The summed E-state index contributed by atoms with van der Waals surface area (Å²) in [7, 11) is 1.23. The van der Waals surface area contributed by atoms with Crippen LogP contribution in [0.2, 0.25) is 0 Å². The van der Waals surface area contributed by atoms with Crippen molar-refractivity contribution in [1.29, 1.82) is 0 Å². The molecule has 2 unspecified atom stereocenters. The summed E-state index contributed by atoms with van der Waals surface area (Å²) in [6, 6.07) is 6.61. The van der Waals surface area contributed by atoms with Gasteiger partial charge in [-0.2, -0.15) is 0 Å². The third-order valence-electron chi connectivity index (χ3n) is 4.10. The predicted molar refractivity (Wildman–Crippen MR) is 91.8 cm³/mol. The number of allylic oxidation sites excluding steroid dienone is 1. The Hall–Kier alpha value is -2.80. The summed E-state index contributed by atoms with van der Waals surface area (Å²) in [5.74, 6) is -1.63. The van der Waals surface area contributed by atoms with Crippen LogP contribution in [0.5, 0.6) is 5.75 Å². The number of rotatable bonds is 6. The molecule has 7 heteroatoms. The number of phenolic OH excluding ortho intramolecular Hbond substituents is 1. The maximum absolute atomic E-state index is 12.2. The van der Waals surface area contributed by atoms with E-state index < -0.39 is 24.1 Å². The van der Waals surface area contributed by atoms with Crippen molar-refractivity contribution in [2.45, 2.75) is 26.1 Å². The molecule has 2 N–H and O–H groups in total. The summed E-state index contributed by atoms with van der Waals surface area (Å²) in [4.78, 5) is 24.1. The van der Waals surface area contributed by atoms with Crippen molar-refractivity contribution in [3.05, 3.63) is 53.3 Å². The van der Waals surface area contributed by atoms with Gasteiger partial charge in [-0.05, 0) is 24.6 Å². The highest BCUT2D eigenvalue weighted by molar-refractivity contribution is 5.90. The standard InChI is InChI=1S/C19H22O7/c1-3-14-15(16(18(22)24-2)11-26-19(14)23)10-17(21)25-9-8-12-4-6-13(20)7-5-12/h3-7,11,15,19-20,23H,8-10H2,1-2H3. The average Bonchev–Trinajstić information content (AvgIpc) is 2.63. The van der Waals surface area contributed by atoms with Crippen LogP contribution in [0.25, 0.3) is 0 Å². The van der Waals surface area contributed by atoms with Crippen LogP contribution in [-0.2, 0) is 30.2 Å². The molecule has 1 aromatic rings. The summed E-state index contributed by atoms with van der Waals surface area (Å²) < 4.78 is 15.0. The molecule has 1 aromatic carbocycles. The van der Waals surface area contributed by atoms with Crippen LogP contribution in [0.1, 0.15) is 18.9 Å². The monoisotopic (exact) mass is 362 g/mol. The largest absolute Gasteiger partial charge is 0.508 e. The fraction of sp³-hybridized carbons (Fsp3) is 0.368. The molecule has 0 aromatic heterocycles. The molecule has 0 amide bonds. The Morgan fingerprint density at radius 1 is 1.27 bits per heavy atom. The molecule has 0 aliphatic carbocycles. The lowest BCUT2D eigenvalue weighted by atomic mass is 9.86. The van der Waals surface area contributed by atoms with Crippen molar-refractivity contribution in [3.8, 4) is 5.75 Å². The summed E-state index contributed by atoms with van der Waals surface area (Å²) >= 11 is 0. The van der Waals surface area contributed by atoms with Gasteiger partial charge in [0, 0.05) is 17.9 Å². The van der Waals surface area contributed by atoms with E-state index in [0.717, 1.165) is 11.8 Å². The van der Waals surface area contributed by atoms with Gasteiger partial charge < -0.3 is 24.4 Å². The molecule has 0 bridgehead atoms. The summed E-state index contributed by atoms with van der Waals surface area (Å²) in [5.41, 5.74) is 1.48. The van der Waals surface area contributed by atoms with Crippen LogP contribution < -0.4 is 0 Å². The second-order valence-corrected chi connectivity index (χ2v) is 5.74. The highest BCUT2D eigenvalue weighted by atomic mass is 16.6. The van der Waals surface area contributed by atoms with Crippen molar-refractivity contribution < 1.29 is 34.0 Å². The molecule has 1 aliphatic rings. The quantitative estimate of drug-likeness (QED) is 0.588. The van der Waals surface area contributed by atoms with Crippen LogP contribution in [-0.4, -0.2) is 42.2 Å². The van der Waals surface area contributed by atoms with Gasteiger partial charge in [-0.3, -0.25) is 4.79 Å². The average molecular weight is 362 g/mol. The van der Waals surface area contributed by atoms with Crippen molar-refractivity contribution in [1.82, 2.24) is 0 Å². The Morgan fingerprint density at radius 2 is 1.96 bits per heavy atom. The number of carbonyl (C=O) groups is 2. The first kappa shape index (κ1) is 19.5. The third kappa shape index (κ3) is 4.86. The smallest absolute Gasteiger partial charge is 0.337 e. The van der Waals surface area contributed by atoms with Gasteiger partial charge in [0.2, 0.25) is 6.29 Å². The van der Waals surface area contributed by atoms with Crippen molar-refractivity contribution >= 4 is 11.9 Å². The normalized spacial score (nSPS) is 20.9. The first-order valence-electron chi connectivity index (χ1n) is 8.17. The number of phenols is 1. The van der Waals surface area contributed by atoms with E-state index in [-0.39, 0.29) is 24.4 Å². The Labute approximate surface area is 151 Å². The van der Waals surface area contributed by atoms with E-state index in [1.165, 1.54) is 7.11 Å². The Balaban J connectivity index is 1.97. The van der Waals surface area contributed by atoms with E-state index in [0.29, 0.717) is 12.0 Å². The molecule has 2 rings (SSSR count). The molecule has 140 valence electrons. The minimum Gasteiger partial charge on any atom is -0.508 e. The lowest BCUT2D eigenvalue weighted by molar-refractivity contribution is -0.145. The molecule has 26 heavy (non-hydrogen) atoms. The van der Waals surface area contributed by atoms with Crippen molar-refractivity contribution in [3.63, 3.8) is 0 Å². The number of aliphatic hydroxyl groups is 1. The van der Waals surface area contributed by atoms with Crippen LogP contribution in [0.4, 0.5) is 0 Å². The van der Waals surface area contributed by atoms with Crippen LogP contribution >= 0.6 is 0 Å². The van der Waals surface area contributed by atoms with Gasteiger partial charge >= 0.3 is 11.9 Å². The molecular weight excluding hydrogens is 340 g/mol. The minimum atomic E-state index is -1.22. The zero-order chi connectivity index (χ0) is 19.1. The second kappa shape index (κ2) is 9.05. The molecule has 0 radical (unpaired) electrons. The zero-order valence-corrected chi connectivity index (χ0v) is 14.7. The van der Waals surface area contributed by atoms with Crippen LogP contribution in [0, 0.1) is 5.92 Å². The van der Waals surface area contributed by atoms with Gasteiger partial charge in [0.05, 0.1) is 32.0 Å². The number of benzene rings is 1. The fourth-order valence-corrected chi connectivity index (χ4v) is 2.70. The van der Waals surface area contributed by atoms with E-state index in [1.807, 2.05) is 0 Å². The second-order valence-electron chi connectivity index (χ2n) is 5.74. The van der Waals surface area contributed by atoms with Gasteiger partial charge in [-0.15, -0.1) is 0 Å². The van der Waals surface area contributed by atoms with E-state index in [4.69, 9.17) is 14.2 Å². The molecule has 2 atom stereocenters. The number of carbonyl (C=O) groups excluding carboxylic acids is 2. The Bertz CT molecular complexity index is 703. The third-order valence-corrected chi connectivity index (χ3v) is 4.10. The molecule has 0 spiro atoms. The minimum absolute atomic E-state index is 0.114. The molecule has 0 saturated carbocycles. The fourth-order valence-electron chi connectivity index (χ4n) is 2.70. The van der Waals surface area contributed by atoms with Crippen LogP contribution in [0.15, 0.2) is 47.7 Å². The predicted octanol–water partition coefficient (Wildman–Crippen LogP) is 1.84. The van der Waals surface area contributed by atoms with E-state index in [9.17, 15) is 19.8 Å². The first-order chi connectivity index (χ1) is 12.5. The lowest BCUT2D eigenvalue weighted by Gasteiger charge is -2.28.